The predicted molar refractivity (Wildman–Crippen MR) is 104 cm³/mol. The summed E-state index contributed by atoms with van der Waals surface area (Å²) in [7, 11) is 2.59. The van der Waals surface area contributed by atoms with Gasteiger partial charge in [-0.3, -0.25) is 0 Å². The van der Waals surface area contributed by atoms with Gasteiger partial charge in [0.1, 0.15) is 8.64 Å². The van der Waals surface area contributed by atoms with Gasteiger partial charge in [0, 0.05) is 26.2 Å². The molecule has 0 spiro atoms. The minimum atomic E-state index is 0.331. The van der Waals surface area contributed by atoms with Crippen molar-refractivity contribution < 1.29 is 0 Å². The van der Waals surface area contributed by atoms with Crippen LogP contribution in [0.5, 0.6) is 0 Å². The molecule has 0 bridgehead atoms. The van der Waals surface area contributed by atoms with Crippen LogP contribution in [-0.2, 0) is 0 Å². The van der Waals surface area contributed by atoms with Crippen molar-refractivity contribution in [1.82, 2.24) is 9.80 Å². The second-order valence-corrected chi connectivity index (χ2v) is 7.70. The van der Waals surface area contributed by atoms with Crippen LogP contribution < -0.4 is 0 Å². The maximum atomic E-state index is 8.70. The van der Waals surface area contributed by atoms with Crippen LogP contribution >= 0.6 is 46.0 Å². The lowest BCUT2D eigenvalue weighted by atomic mass is 10.4. The van der Waals surface area contributed by atoms with E-state index in [1.165, 1.54) is 21.6 Å². The van der Waals surface area contributed by atoms with Gasteiger partial charge >= 0.3 is 0 Å². The standard InChI is InChI=1S/C14H16N6S4/c15-5-1-9-19(10-2-6-16)13(21)23-24-14(22)20(11-3-7-17)12-4-8-18/h1-4,9-12H2. The van der Waals surface area contributed by atoms with E-state index in [0.29, 0.717) is 60.5 Å². The molecule has 6 nitrogen and oxygen atoms in total. The first-order chi connectivity index (χ1) is 11.6. The molecule has 0 aliphatic rings. The van der Waals surface area contributed by atoms with E-state index in [1.807, 2.05) is 9.80 Å². The molecule has 0 saturated carbocycles. The van der Waals surface area contributed by atoms with Crippen molar-refractivity contribution in [3.8, 4) is 24.3 Å². The Hall–Kier alpha value is -1.56. The van der Waals surface area contributed by atoms with Gasteiger partial charge in [-0.2, -0.15) is 21.0 Å². The fourth-order valence-electron chi connectivity index (χ4n) is 1.51. The minimum absolute atomic E-state index is 0.331. The quantitative estimate of drug-likeness (QED) is 0.449. The Morgan fingerprint density at radius 3 is 1.08 bits per heavy atom. The van der Waals surface area contributed by atoms with E-state index in [1.54, 1.807) is 0 Å². The molecule has 10 heteroatoms. The summed E-state index contributed by atoms with van der Waals surface area (Å²) < 4.78 is 1.13. The molecule has 0 aliphatic heterocycles. The molecule has 0 heterocycles. The third kappa shape index (κ3) is 10.3. The number of thiocarbonyl (C=S) groups is 2. The van der Waals surface area contributed by atoms with Gasteiger partial charge in [0.05, 0.1) is 50.0 Å². The Morgan fingerprint density at radius 1 is 0.625 bits per heavy atom. The monoisotopic (exact) mass is 396 g/mol. The first-order valence-corrected chi connectivity index (χ1v) is 9.97. The average Bonchev–Trinajstić information content (AvgIpc) is 2.59. The molecule has 0 rings (SSSR count). The smallest absolute Gasteiger partial charge is 0.147 e. The van der Waals surface area contributed by atoms with Crippen LogP contribution in [-0.4, -0.2) is 44.6 Å². The largest absolute Gasteiger partial charge is 0.355 e. The molecule has 0 aliphatic carbocycles. The van der Waals surface area contributed by atoms with Crippen molar-refractivity contribution in [2.75, 3.05) is 26.2 Å². The summed E-state index contributed by atoms with van der Waals surface area (Å²) in [6, 6.07) is 8.25. The molecule has 126 valence electrons. The molecule has 0 radical (unpaired) electrons. The topological polar surface area (TPSA) is 102 Å². The average molecular weight is 397 g/mol. The SMILES string of the molecule is N#CCCN(CCC#N)C(=S)SSC(=S)N(CCC#N)CCC#N. The van der Waals surface area contributed by atoms with E-state index < -0.39 is 0 Å². The summed E-state index contributed by atoms with van der Waals surface area (Å²) in [5.41, 5.74) is 0. The number of nitrogens with zero attached hydrogens (tertiary/aromatic N) is 6. The second kappa shape index (κ2) is 15.0. The number of hydrogen-bond donors (Lipinski definition) is 0. The van der Waals surface area contributed by atoms with E-state index in [0.717, 1.165) is 0 Å². The molecular formula is C14H16N6S4. The fourth-order valence-corrected chi connectivity index (χ4v) is 4.26. The van der Waals surface area contributed by atoms with E-state index >= 15 is 0 Å². The molecule has 0 saturated heterocycles. The summed E-state index contributed by atoms with van der Waals surface area (Å²) in [6.45, 7) is 1.90. The normalized spacial score (nSPS) is 9.00. The summed E-state index contributed by atoms with van der Waals surface area (Å²) >= 11 is 10.7. The number of rotatable bonds is 8. The van der Waals surface area contributed by atoms with Crippen molar-refractivity contribution in [3.63, 3.8) is 0 Å². The molecule has 0 fully saturated rings. The summed E-state index contributed by atoms with van der Waals surface area (Å²) in [5, 5.41) is 34.8. The van der Waals surface area contributed by atoms with Crippen LogP contribution in [0.1, 0.15) is 25.7 Å². The molecule has 0 aromatic rings. The Bertz CT molecular complexity index is 492. The summed E-state index contributed by atoms with van der Waals surface area (Å²) in [5.74, 6) is 0. The highest BCUT2D eigenvalue weighted by atomic mass is 33.1. The lowest BCUT2D eigenvalue weighted by Crippen LogP contribution is -2.31. The zero-order chi connectivity index (χ0) is 18.2. The molecule has 0 unspecified atom stereocenters. The van der Waals surface area contributed by atoms with E-state index in [9.17, 15) is 0 Å². The molecule has 0 amide bonds. The molecule has 0 aromatic heterocycles. The molecule has 24 heavy (non-hydrogen) atoms. The second-order valence-electron chi connectivity index (χ2n) is 4.31. The Kier molecular flexibility index (Phi) is 14.0. The van der Waals surface area contributed by atoms with Gasteiger partial charge in [0.15, 0.2) is 0 Å². The molecule has 0 atom stereocenters. The van der Waals surface area contributed by atoms with Gasteiger partial charge in [-0.15, -0.1) is 0 Å². The zero-order valence-electron chi connectivity index (χ0n) is 13.0. The van der Waals surface area contributed by atoms with Crippen LogP contribution in [0.3, 0.4) is 0 Å². The maximum Gasteiger partial charge on any atom is 0.147 e. The Labute approximate surface area is 161 Å². The fraction of sp³-hybridized carbons (Fsp3) is 0.571. The number of hydrogen-bond acceptors (Lipinski definition) is 8. The zero-order valence-corrected chi connectivity index (χ0v) is 16.2. The lowest BCUT2D eigenvalue weighted by Gasteiger charge is -2.25. The van der Waals surface area contributed by atoms with E-state index in [2.05, 4.69) is 24.3 Å². The maximum absolute atomic E-state index is 8.70. The van der Waals surface area contributed by atoms with Crippen LogP contribution in [0.25, 0.3) is 0 Å². The third-order valence-corrected chi connectivity index (χ3v) is 6.41. The highest BCUT2D eigenvalue weighted by Gasteiger charge is 2.15. The van der Waals surface area contributed by atoms with Gasteiger partial charge in [-0.1, -0.05) is 24.4 Å². The van der Waals surface area contributed by atoms with Gasteiger partial charge < -0.3 is 9.80 Å². The summed E-state index contributed by atoms with van der Waals surface area (Å²) in [6.07, 6.45) is 1.32. The third-order valence-electron chi connectivity index (χ3n) is 2.67. The lowest BCUT2D eigenvalue weighted by molar-refractivity contribution is 0.451. The van der Waals surface area contributed by atoms with Crippen LogP contribution in [0.2, 0.25) is 0 Å². The van der Waals surface area contributed by atoms with Gasteiger partial charge in [-0.25, -0.2) is 0 Å². The Morgan fingerprint density at radius 2 is 0.875 bits per heavy atom. The first-order valence-electron chi connectivity index (χ1n) is 7.00. The molecule has 0 N–H and O–H groups in total. The highest BCUT2D eigenvalue weighted by molar-refractivity contribution is 8.89. The van der Waals surface area contributed by atoms with Crippen LogP contribution in [0, 0.1) is 45.3 Å². The van der Waals surface area contributed by atoms with E-state index in [4.69, 9.17) is 45.5 Å². The van der Waals surface area contributed by atoms with Crippen molar-refractivity contribution in [1.29, 1.82) is 21.0 Å². The van der Waals surface area contributed by atoms with Gasteiger partial charge in [0.25, 0.3) is 0 Å². The van der Waals surface area contributed by atoms with Crippen LogP contribution in [0.4, 0.5) is 0 Å². The molecule has 0 aromatic carbocycles. The van der Waals surface area contributed by atoms with Crippen molar-refractivity contribution >= 4 is 54.7 Å². The highest BCUT2D eigenvalue weighted by Crippen LogP contribution is 2.28. The van der Waals surface area contributed by atoms with E-state index in [-0.39, 0.29) is 0 Å². The van der Waals surface area contributed by atoms with Crippen molar-refractivity contribution in [3.05, 3.63) is 0 Å². The first kappa shape index (κ1) is 22.4. The Balaban J connectivity index is 4.57. The minimum Gasteiger partial charge on any atom is -0.355 e. The predicted octanol–water partition coefficient (Wildman–Crippen LogP) is 3.20. The van der Waals surface area contributed by atoms with Crippen molar-refractivity contribution in [2.24, 2.45) is 0 Å². The summed E-state index contributed by atoms with van der Waals surface area (Å²) in [4.78, 5) is 3.63. The van der Waals surface area contributed by atoms with Gasteiger partial charge in [0.2, 0.25) is 0 Å². The van der Waals surface area contributed by atoms with Crippen LogP contribution in [0.15, 0.2) is 0 Å². The number of nitriles is 4. The van der Waals surface area contributed by atoms with Crippen molar-refractivity contribution in [2.45, 2.75) is 25.7 Å². The van der Waals surface area contributed by atoms with Gasteiger partial charge in [-0.05, 0) is 21.6 Å². The molecular weight excluding hydrogens is 380 g/mol.